The van der Waals surface area contributed by atoms with Crippen LogP contribution in [0.5, 0.6) is 0 Å². The first-order valence-corrected chi connectivity index (χ1v) is 9.21. The molecule has 2 aromatic rings. The molecule has 0 spiro atoms. The minimum atomic E-state index is 0.366. The van der Waals surface area contributed by atoms with Crippen molar-refractivity contribution in [3.05, 3.63) is 48.0 Å². The van der Waals surface area contributed by atoms with Crippen LogP contribution in [-0.2, 0) is 16.0 Å². The predicted molar refractivity (Wildman–Crippen MR) is 96.9 cm³/mol. The number of morpholine rings is 1. The van der Waals surface area contributed by atoms with Crippen molar-refractivity contribution in [1.82, 2.24) is 14.5 Å². The molecule has 1 aromatic heterocycles. The number of fused-ring (bicyclic) bond motifs is 1. The molecule has 0 bridgehead atoms. The molecule has 0 N–H and O–H groups in total. The molecular weight excluding hydrogens is 314 g/mol. The minimum absolute atomic E-state index is 0.366. The Bertz CT molecular complexity index is 701. The smallest absolute Gasteiger partial charge is 0.0991 e. The van der Waals surface area contributed by atoms with E-state index in [9.17, 15) is 0 Å². The molecule has 1 aliphatic carbocycles. The Morgan fingerprint density at radius 3 is 3.00 bits per heavy atom. The number of rotatable bonds is 4. The first kappa shape index (κ1) is 16.8. The van der Waals surface area contributed by atoms with E-state index >= 15 is 0 Å². The van der Waals surface area contributed by atoms with Gasteiger partial charge in [0, 0.05) is 44.3 Å². The number of aromatic nitrogens is 2. The lowest BCUT2D eigenvalue weighted by atomic mass is 9.87. The second-order valence-electron chi connectivity index (χ2n) is 7.20. The Labute approximate surface area is 149 Å². The van der Waals surface area contributed by atoms with Gasteiger partial charge in [-0.15, -0.1) is 0 Å². The first-order valence-electron chi connectivity index (χ1n) is 9.21. The molecule has 1 aliphatic heterocycles. The normalized spacial score (nSPS) is 27.2. The highest BCUT2D eigenvalue weighted by Crippen LogP contribution is 2.31. The zero-order valence-electron chi connectivity index (χ0n) is 15.1. The zero-order chi connectivity index (χ0) is 17.2. The van der Waals surface area contributed by atoms with E-state index < -0.39 is 0 Å². The number of hydrogen-bond donors (Lipinski definition) is 0. The molecule has 0 radical (unpaired) electrons. The monoisotopic (exact) mass is 341 g/mol. The van der Waals surface area contributed by atoms with Crippen LogP contribution in [0.4, 0.5) is 0 Å². The molecule has 4 rings (SSSR count). The van der Waals surface area contributed by atoms with Crippen molar-refractivity contribution in [2.24, 2.45) is 0 Å². The van der Waals surface area contributed by atoms with E-state index in [4.69, 9.17) is 9.47 Å². The summed E-state index contributed by atoms with van der Waals surface area (Å²) in [4.78, 5) is 6.73. The van der Waals surface area contributed by atoms with E-state index in [1.807, 2.05) is 30.4 Å². The van der Waals surface area contributed by atoms with Crippen LogP contribution in [0.2, 0.25) is 0 Å². The molecule has 5 nitrogen and oxygen atoms in total. The predicted octanol–water partition coefficient (Wildman–Crippen LogP) is 2.95. The molecule has 2 fully saturated rings. The van der Waals surface area contributed by atoms with Gasteiger partial charge in [0.05, 0.1) is 25.1 Å². The van der Waals surface area contributed by atoms with Crippen LogP contribution >= 0.6 is 0 Å². The third kappa shape index (κ3) is 3.50. The summed E-state index contributed by atoms with van der Waals surface area (Å²) in [5.74, 6) is 0. The van der Waals surface area contributed by atoms with Crippen molar-refractivity contribution in [3.63, 3.8) is 0 Å². The van der Waals surface area contributed by atoms with E-state index in [1.165, 1.54) is 11.1 Å². The molecule has 2 aliphatic rings. The van der Waals surface area contributed by atoms with Gasteiger partial charge in [-0.2, -0.15) is 0 Å². The van der Waals surface area contributed by atoms with Crippen LogP contribution in [0, 0.1) is 6.92 Å². The van der Waals surface area contributed by atoms with Gasteiger partial charge in [0.1, 0.15) is 0 Å². The summed E-state index contributed by atoms with van der Waals surface area (Å²) in [6.07, 6.45) is 9.67. The Morgan fingerprint density at radius 2 is 2.24 bits per heavy atom. The van der Waals surface area contributed by atoms with E-state index in [1.54, 1.807) is 0 Å². The van der Waals surface area contributed by atoms with Gasteiger partial charge in [-0.3, -0.25) is 4.90 Å². The second kappa shape index (κ2) is 7.28. The van der Waals surface area contributed by atoms with Gasteiger partial charge in [0.25, 0.3) is 0 Å². The molecular formula is C20H27N3O2. The number of hydrogen-bond acceptors (Lipinski definition) is 4. The van der Waals surface area contributed by atoms with Crippen LogP contribution < -0.4 is 0 Å². The lowest BCUT2D eigenvalue weighted by Gasteiger charge is -2.45. The summed E-state index contributed by atoms with van der Waals surface area (Å²) in [6.45, 7) is 5.02. The summed E-state index contributed by atoms with van der Waals surface area (Å²) in [6, 6.07) is 7.15. The van der Waals surface area contributed by atoms with E-state index in [0.717, 1.165) is 44.6 Å². The summed E-state index contributed by atoms with van der Waals surface area (Å²) >= 11 is 0. The number of methoxy groups -OCH3 is 1. The van der Waals surface area contributed by atoms with E-state index in [0.29, 0.717) is 18.2 Å². The van der Waals surface area contributed by atoms with Crippen molar-refractivity contribution >= 4 is 0 Å². The fourth-order valence-electron chi connectivity index (χ4n) is 4.21. The average Bonchev–Trinajstić information content (AvgIpc) is 3.18. The highest BCUT2D eigenvalue weighted by atomic mass is 16.5. The lowest BCUT2D eigenvalue weighted by molar-refractivity contribution is -0.116. The third-order valence-electron chi connectivity index (χ3n) is 5.72. The van der Waals surface area contributed by atoms with Crippen molar-refractivity contribution in [3.8, 4) is 5.69 Å². The molecule has 3 atom stereocenters. The second-order valence-corrected chi connectivity index (χ2v) is 7.20. The maximum absolute atomic E-state index is 6.03. The average molecular weight is 341 g/mol. The highest BCUT2D eigenvalue weighted by molar-refractivity contribution is 5.40. The minimum Gasteiger partial charge on any atom is -0.381 e. The quantitative estimate of drug-likeness (QED) is 0.857. The van der Waals surface area contributed by atoms with Gasteiger partial charge < -0.3 is 14.0 Å². The molecule has 1 aromatic carbocycles. The van der Waals surface area contributed by atoms with Gasteiger partial charge in [0.15, 0.2) is 0 Å². The third-order valence-corrected chi connectivity index (χ3v) is 5.72. The van der Waals surface area contributed by atoms with E-state index in [2.05, 4.69) is 35.0 Å². The maximum atomic E-state index is 6.03. The fraction of sp³-hybridized carbons (Fsp3) is 0.550. The summed E-state index contributed by atoms with van der Waals surface area (Å²) in [5, 5.41) is 0. The van der Waals surface area contributed by atoms with Crippen LogP contribution in [0.15, 0.2) is 36.9 Å². The number of ether oxygens (including phenoxy) is 2. The Hall–Kier alpha value is -1.69. The van der Waals surface area contributed by atoms with Crippen molar-refractivity contribution < 1.29 is 9.47 Å². The fourth-order valence-corrected chi connectivity index (χ4v) is 4.21. The molecule has 5 heteroatoms. The van der Waals surface area contributed by atoms with Crippen LogP contribution in [0.1, 0.15) is 30.4 Å². The largest absolute Gasteiger partial charge is 0.381 e. The SMILES string of the molecule is CO[C@@H]1CC[C@H]2OCCN(Cc3ccc(-n4ccnc4)cc3C)[C@@H]2C1. The zero-order valence-corrected chi connectivity index (χ0v) is 15.1. The van der Waals surface area contributed by atoms with Crippen molar-refractivity contribution in [2.75, 3.05) is 20.3 Å². The van der Waals surface area contributed by atoms with Gasteiger partial charge in [-0.05, 0) is 49.4 Å². The standard InChI is InChI=1S/C20H27N3O2/c1-15-11-17(23-8-7-21-14-23)4-3-16(15)13-22-9-10-25-20-6-5-18(24-2)12-19(20)22/h3-4,7-8,11,14,18-20H,5-6,9-10,12-13H2,1-2H3/t18-,19-,20-/m1/s1. The first-order chi connectivity index (χ1) is 12.2. The molecule has 25 heavy (non-hydrogen) atoms. The van der Waals surface area contributed by atoms with Crippen molar-refractivity contribution in [1.29, 1.82) is 0 Å². The van der Waals surface area contributed by atoms with Crippen LogP contribution in [0.25, 0.3) is 5.69 Å². The van der Waals surface area contributed by atoms with Gasteiger partial charge in [-0.25, -0.2) is 4.98 Å². The Kier molecular flexibility index (Phi) is 4.88. The lowest BCUT2D eigenvalue weighted by Crippen LogP contribution is -2.54. The highest BCUT2D eigenvalue weighted by Gasteiger charge is 2.37. The van der Waals surface area contributed by atoms with E-state index in [-0.39, 0.29) is 0 Å². The van der Waals surface area contributed by atoms with Crippen LogP contribution in [0.3, 0.4) is 0 Å². The Morgan fingerprint density at radius 1 is 1.32 bits per heavy atom. The molecule has 1 saturated heterocycles. The van der Waals surface area contributed by atoms with Crippen LogP contribution in [-0.4, -0.2) is 53.0 Å². The summed E-state index contributed by atoms with van der Waals surface area (Å²) in [5.41, 5.74) is 3.88. The summed E-state index contributed by atoms with van der Waals surface area (Å²) in [7, 11) is 1.83. The number of aryl methyl sites for hydroxylation is 1. The molecule has 0 unspecified atom stereocenters. The number of imidazole rings is 1. The Balaban J connectivity index is 1.50. The summed E-state index contributed by atoms with van der Waals surface area (Å²) < 4.78 is 13.7. The van der Waals surface area contributed by atoms with Gasteiger partial charge in [0.2, 0.25) is 0 Å². The molecule has 0 amide bonds. The van der Waals surface area contributed by atoms with Gasteiger partial charge >= 0.3 is 0 Å². The van der Waals surface area contributed by atoms with Crippen molar-refractivity contribution in [2.45, 2.75) is 51.0 Å². The molecule has 1 saturated carbocycles. The molecule has 2 heterocycles. The van der Waals surface area contributed by atoms with Gasteiger partial charge in [-0.1, -0.05) is 6.07 Å². The topological polar surface area (TPSA) is 39.5 Å². The number of benzene rings is 1. The molecule has 134 valence electrons. The number of nitrogens with zero attached hydrogens (tertiary/aromatic N) is 3. The maximum Gasteiger partial charge on any atom is 0.0991 e.